The number of hydrogen-bond donors (Lipinski definition) is 2. The van der Waals surface area contributed by atoms with Gasteiger partial charge >= 0.3 is 0 Å². The van der Waals surface area contributed by atoms with Gasteiger partial charge in [0.25, 0.3) is 11.8 Å². The zero-order valence-corrected chi connectivity index (χ0v) is 27.2. The fourth-order valence-electron chi connectivity index (χ4n) is 5.46. The zero-order valence-electron chi connectivity index (χ0n) is 25.6. The molecule has 2 atom stereocenters. The van der Waals surface area contributed by atoms with Crippen molar-refractivity contribution in [3.8, 4) is 5.75 Å². The number of benzene rings is 4. The van der Waals surface area contributed by atoms with E-state index in [0.717, 1.165) is 20.8 Å². The second-order valence-corrected chi connectivity index (χ2v) is 12.0. The van der Waals surface area contributed by atoms with E-state index in [1.807, 2.05) is 56.3 Å². The van der Waals surface area contributed by atoms with E-state index in [4.69, 9.17) is 4.74 Å². The minimum Gasteiger partial charge on any atom is -0.496 e. The summed E-state index contributed by atoms with van der Waals surface area (Å²) in [5, 5.41) is 7.53. The molecule has 0 aromatic heterocycles. The lowest BCUT2D eigenvalue weighted by Gasteiger charge is -2.27. The summed E-state index contributed by atoms with van der Waals surface area (Å²) in [4.78, 5) is 56.5. The van der Waals surface area contributed by atoms with Crippen LogP contribution in [0.2, 0.25) is 0 Å². The molecule has 1 aliphatic rings. The number of amides is 4. The number of ether oxygens (including phenoxy) is 1. The van der Waals surface area contributed by atoms with Crippen molar-refractivity contribution >= 4 is 67.4 Å². The molecule has 4 amide bonds. The van der Waals surface area contributed by atoms with Crippen LogP contribution in [0, 0.1) is 5.92 Å². The molecule has 4 aromatic carbocycles. The number of carbonyl (C=O) groups excluding carboxylic acids is 4. The first-order valence-corrected chi connectivity index (χ1v) is 15.6. The smallest absolute Gasteiger partial charge is 0.258 e. The van der Waals surface area contributed by atoms with Gasteiger partial charge in [-0.05, 0) is 71.8 Å². The SMILES string of the molecule is CC[C@@H](C)C(=O)N[C@H]1CN(C(=O)c2ccc(NC(C)=O)cc2)c2ccccc2N(Cc2c(OC)ccc3cc(Br)ccc23)C1=O. The number of hydrogen-bond acceptors (Lipinski definition) is 5. The molecule has 0 spiro atoms. The van der Waals surface area contributed by atoms with Gasteiger partial charge in [0.05, 0.1) is 31.6 Å². The standard InChI is InChI=1S/C35H35BrN4O5/c1-5-21(2)33(42)38-29-20-40(34(43)23-10-14-26(15-11-23)37-22(3)41)31-9-7-6-8-30(31)39(35(29)44)19-28-27-16-13-25(36)18-24(27)12-17-32(28)45-4/h6-18,21,29H,5,19-20H2,1-4H3,(H,37,41)(H,38,42)/t21-,29+/m1/s1. The van der Waals surface area contributed by atoms with Gasteiger partial charge in [-0.2, -0.15) is 0 Å². The summed E-state index contributed by atoms with van der Waals surface area (Å²) in [7, 11) is 1.59. The number of rotatable bonds is 8. The number of carbonyl (C=O) groups is 4. The topological polar surface area (TPSA) is 108 Å². The van der Waals surface area contributed by atoms with Crippen molar-refractivity contribution < 1.29 is 23.9 Å². The number of nitrogens with one attached hydrogen (secondary N) is 2. The summed E-state index contributed by atoms with van der Waals surface area (Å²) in [6.45, 7) is 5.20. The van der Waals surface area contributed by atoms with Gasteiger partial charge in [-0.1, -0.05) is 54.0 Å². The van der Waals surface area contributed by atoms with Crippen LogP contribution in [0.1, 0.15) is 43.1 Å². The maximum Gasteiger partial charge on any atom is 0.258 e. The van der Waals surface area contributed by atoms with Crippen LogP contribution in [0.3, 0.4) is 0 Å². The van der Waals surface area contributed by atoms with Gasteiger partial charge in [-0.25, -0.2) is 0 Å². The Kier molecular flexibility index (Phi) is 9.53. The molecule has 0 aliphatic carbocycles. The van der Waals surface area contributed by atoms with Crippen LogP contribution in [-0.2, 0) is 20.9 Å². The number of fused-ring (bicyclic) bond motifs is 2. The van der Waals surface area contributed by atoms with Crippen LogP contribution in [0.5, 0.6) is 5.75 Å². The zero-order chi connectivity index (χ0) is 32.2. The summed E-state index contributed by atoms with van der Waals surface area (Å²) >= 11 is 3.54. The van der Waals surface area contributed by atoms with Crippen LogP contribution in [0.4, 0.5) is 17.1 Å². The molecule has 0 unspecified atom stereocenters. The lowest BCUT2D eigenvalue weighted by molar-refractivity contribution is -0.129. The molecule has 1 aliphatic heterocycles. The predicted molar refractivity (Wildman–Crippen MR) is 180 cm³/mol. The molecular weight excluding hydrogens is 636 g/mol. The molecule has 45 heavy (non-hydrogen) atoms. The number of nitrogens with zero attached hydrogens (tertiary/aromatic N) is 2. The van der Waals surface area contributed by atoms with Crippen molar-refractivity contribution in [3.05, 3.63) is 94.5 Å². The molecule has 0 bridgehead atoms. The van der Waals surface area contributed by atoms with Gasteiger partial charge in [-0.15, -0.1) is 0 Å². The maximum absolute atomic E-state index is 14.5. The highest BCUT2D eigenvalue weighted by Crippen LogP contribution is 2.38. The van der Waals surface area contributed by atoms with Gasteiger partial charge in [-0.3, -0.25) is 19.2 Å². The van der Waals surface area contributed by atoms with Crippen LogP contribution in [0.15, 0.2) is 83.3 Å². The molecular formula is C35H35BrN4O5. The summed E-state index contributed by atoms with van der Waals surface area (Å²) in [6, 6.07) is 22.6. The van der Waals surface area contributed by atoms with Crippen LogP contribution < -0.4 is 25.2 Å². The van der Waals surface area contributed by atoms with Gasteiger partial charge in [0.1, 0.15) is 11.8 Å². The quantitative estimate of drug-likeness (QED) is 0.229. The van der Waals surface area contributed by atoms with Crippen molar-refractivity contribution in [3.63, 3.8) is 0 Å². The minimum atomic E-state index is -1.02. The van der Waals surface area contributed by atoms with Crippen LogP contribution in [-0.4, -0.2) is 43.3 Å². The van der Waals surface area contributed by atoms with Gasteiger partial charge < -0.3 is 25.2 Å². The predicted octanol–water partition coefficient (Wildman–Crippen LogP) is 6.29. The van der Waals surface area contributed by atoms with E-state index in [2.05, 4.69) is 26.6 Å². The average Bonchev–Trinajstić information content (AvgIpc) is 3.14. The van der Waals surface area contributed by atoms with Crippen LogP contribution in [0.25, 0.3) is 10.8 Å². The fourth-order valence-corrected chi connectivity index (χ4v) is 5.84. The van der Waals surface area contributed by atoms with Gasteiger partial charge in [0.15, 0.2) is 0 Å². The molecule has 0 saturated carbocycles. The Balaban J connectivity index is 1.62. The number of para-hydroxylation sites is 2. The van der Waals surface area contributed by atoms with E-state index in [9.17, 15) is 19.2 Å². The molecule has 5 rings (SSSR count). The Morgan fingerprint density at radius 2 is 1.71 bits per heavy atom. The minimum absolute atomic E-state index is 0.0690. The lowest BCUT2D eigenvalue weighted by atomic mass is 10.0. The van der Waals surface area contributed by atoms with Gasteiger partial charge in [0.2, 0.25) is 11.8 Å². The molecule has 0 fully saturated rings. The molecule has 1 heterocycles. The highest BCUT2D eigenvalue weighted by atomic mass is 79.9. The van der Waals surface area contributed by atoms with Crippen molar-refractivity contribution in [2.24, 2.45) is 5.92 Å². The lowest BCUT2D eigenvalue weighted by Crippen LogP contribution is -2.53. The molecule has 4 aromatic rings. The third-order valence-corrected chi connectivity index (χ3v) is 8.55. The second kappa shape index (κ2) is 13.5. The van der Waals surface area contributed by atoms with Crippen molar-refractivity contribution in [1.29, 1.82) is 0 Å². The van der Waals surface area contributed by atoms with E-state index in [-0.39, 0.29) is 42.6 Å². The molecule has 0 radical (unpaired) electrons. The third kappa shape index (κ3) is 6.71. The Morgan fingerprint density at radius 1 is 1.00 bits per heavy atom. The largest absolute Gasteiger partial charge is 0.496 e. The van der Waals surface area contributed by atoms with E-state index in [0.29, 0.717) is 34.8 Å². The third-order valence-electron chi connectivity index (χ3n) is 8.05. The van der Waals surface area contributed by atoms with E-state index < -0.39 is 6.04 Å². The Bertz CT molecular complexity index is 1770. The van der Waals surface area contributed by atoms with Crippen LogP contribution >= 0.6 is 15.9 Å². The van der Waals surface area contributed by atoms with E-state index in [1.54, 1.807) is 53.3 Å². The highest BCUT2D eigenvalue weighted by molar-refractivity contribution is 9.10. The summed E-state index contributed by atoms with van der Waals surface area (Å²) in [5.41, 5.74) is 2.79. The average molecular weight is 672 g/mol. The normalized spacial score (nSPS) is 15.2. The number of methoxy groups -OCH3 is 1. The number of halogens is 1. The first kappa shape index (κ1) is 31.7. The monoisotopic (exact) mass is 670 g/mol. The molecule has 232 valence electrons. The van der Waals surface area contributed by atoms with Crippen molar-refractivity contribution in [2.45, 2.75) is 39.8 Å². The number of anilines is 3. The Labute approximate surface area is 270 Å². The van der Waals surface area contributed by atoms with Crippen molar-refractivity contribution in [1.82, 2.24) is 5.32 Å². The summed E-state index contributed by atoms with van der Waals surface area (Å²) in [5.74, 6) is -0.870. The van der Waals surface area contributed by atoms with Gasteiger partial charge in [0, 0.05) is 34.1 Å². The Hall–Kier alpha value is -4.70. The van der Waals surface area contributed by atoms with E-state index in [1.165, 1.54) is 6.92 Å². The van der Waals surface area contributed by atoms with Crippen molar-refractivity contribution in [2.75, 3.05) is 28.8 Å². The maximum atomic E-state index is 14.5. The van der Waals surface area contributed by atoms with E-state index >= 15 is 0 Å². The summed E-state index contributed by atoms with van der Waals surface area (Å²) < 4.78 is 6.68. The molecule has 9 nitrogen and oxygen atoms in total. The first-order valence-electron chi connectivity index (χ1n) is 14.8. The molecule has 0 saturated heterocycles. The first-order chi connectivity index (χ1) is 21.6. The summed E-state index contributed by atoms with van der Waals surface area (Å²) in [6.07, 6.45) is 0.600. The molecule has 2 N–H and O–H groups in total. The molecule has 10 heteroatoms. The fraction of sp³-hybridized carbons (Fsp3) is 0.257. The highest BCUT2D eigenvalue weighted by Gasteiger charge is 2.38. The Morgan fingerprint density at radius 3 is 2.38 bits per heavy atom. The second-order valence-electron chi connectivity index (χ2n) is 11.1.